The molecule has 18 heavy (non-hydrogen) atoms. The average Bonchev–Trinajstić information content (AvgIpc) is 2.39. The fourth-order valence-corrected chi connectivity index (χ4v) is 2.01. The van der Waals surface area contributed by atoms with Gasteiger partial charge >= 0.3 is 0 Å². The van der Waals surface area contributed by atoms with E-state index >= 15 is 0 Å². The maximum Gasteiger partial charge on any atom is 0.125 e. The van der Waals surface area contributed by atoms with Crippen LogP contribution in [0.1, 0.15) is 18.1 Å². The molecule has 2 nitrogen and oxygen atoms in total. The van der Waals surface area contributed by atoms with Crippen LogP contribution in [0.2, 0.25) is 5.02 Å². The van der Waals surface area contributed by atoms with Crippen LogP contribution in [0.5, 0.6) is 5.75 Å². The van der Waals surface area contributed by atoms with Crippen molar-refractivity contribution >= 4 is 11.6 Å². The van der Waals surface area contributed by atoms with Crippen LogP contribution in [0.15, 0.2) is 54.6 Å². The second kappa shape index (κ2) is 6.43. The smallest absolute Gasteiger partial charge is 0.125 e. The Labute approximate surface area is 112 Å². The first-order valence-corrected chi connectivity index (χ1v) is 6.34. The van der Waals surface area contributed by atoms with Crippen molar-refractivity contribution in [2.24, 2.45) is 5.73 Å². The van der Waals surface area contributed by atoms with Crippen LogP contribution in [-0.2, 0) is 0 Å². The third-order valence-electron chi connectivity index (χ3n) is 2.67. The van der Waals surface area contributed by atoms with Crippen LogP contribution < -0.4 is 10.5 Å². The highest BCUT2D eigenvalue weighted by Crippen LogP contribution is 2.26. The number of hydrogen-bond acceptors (Lipinski definition) is 2. The lowest BCUT2D eigenvalue weighted by molar-refractivity contribution is 0.198. The van der Waals surface area contributed by atoms with Crippen LogP contribution in [0.25, 0.3) is 0 Å². The first kappa shape index (κ1) is 12.9. The molecule has 2 aromatic rings. The summed E-state index contributed by atoms with van der Waals surface area (Å²) in [5, 5.41) is 0.714. The van der Waals surface area contributed by atoms with E-state index in [-0.39, 0.29) is 6.10 Å². The maximum absolute atomic E-state index is 6.01. The summed E-state index contributed by atoms with van der Waals surface area (Å²) >= 11 is 6.01. The topological polar surface area (TPSA) is 35.2 Å². The van der Waals surface area contributed by atoms with Crippen LogP contribution in [0.3, 0.4) is 0 Å². The summed E-state index contributed by atoms with van der Waals surface area (Å²) in [6.07, 6.45) is 0.700. The molecule has 2 rings (SSSR count). The van der Waals surface area contributed by atoms with Crippen LogP contribution in [0.4, 0.5) is 0 Å². The monoisotopic (exact) mass is 261 g/mol. The van der Waals surface area contributed by atoms with Crippen molar-refractivity contribution in [3.05, 3.63) is 65.2 Å². The molecule has 0 amide bonds. The molecule has 0 bridgehead atoms. The van der Waals surface area contributed by atoms with Gasteiger partial charge in [0.1, 0.15) is 11.9 Å². The lowest BCUT2D eigenvalue weighted by Crippen LogP contribution is -2.13. The highest BCUT2D eigenvalue weighted by molar-refractivity contribution is 6.30. The van der Waals surface area contributed by atoms with Gasteiger partial charge in [0.05, 0.1) is 0 Å². The van der Waals surface area contributed by atoms with Crippen molar-refractivity contribution < 1.29 is 4.74 Å². The SMILES string of the molecule is NCCC(Oc1ccccc1)c1cccc(Cl)c1. The molecule has 1 unspecified atom stereocenters. The number of ether oxygens (including phenoxy) is 1. The Kier molecular flexibility index (Phi) is 4.62. The molecule has 0 aliphatic carbocycles. The van der Waals surface area contributed by atoms with Crippen molar-refractivity contribution in [3.8, 4) is 5.75 Å². The van der Waals surface area contributed by atoms with Gasteiger partial charge in [0, 0.05) is 11.4 Å². The van der Waals surface area contributed by atoms with Gasteiger partial charge in [-0.3, -0.25) is 0 Å². The molecule has 94 valence electrons. The van der Waals surface area contributed by atoms with Crippen molar-refractivity contribution in [1.29, 1.82) is 0 Å². The molecule has 0 saturated carbocycles. The zero-order valence-electron chi connectivity index (χ0n) is 10.1. The molecule has 1 atom stereocenters. The number of halogens is 1. The van der Waals surface area contributed by atoms with Crippen LogP contribution in [-0.4, -0.2) is 6.54 Å². The first-order valence-electron chi connectivity index (χ1n) is 5.97. The minimum Gasteiger partial charge on any atom is -0.486 e. The van der Waals surface area contributed by atoms with E-state index in [1.807, 2.05) is 54.6 Å². The molecular weight excluding hydrogens is 246 g/mol. The molecule has 2 N–H and O–H groups in total. The fraction of sp³-hybridized carbons (Fsp3) is 0.200. The van der Waals surface area contributed by atoms with Gasteiger partial charge < -0.3 is 10.5 Å². The summed E-state index contributed by atoms with van der Waals surface area (Å²) in [6, 6.07) is 17.5. The quantitative estimate of drug-likeness (QED) is 0.888. The molecular formula is C15H16ClNO. The lowest BCUT2D eigenvalue weighted by Gasteiger charge is -2.19. The fourth-order valence-electron chi connectivity index (χ4n) is 1.82. The van der Waals surface area contributed by atoms with Gasteiger partial charge in [-0.25, -0.2) is 0 Å². The van der Waals surface area contributed by atoms with Gasteiger partial charge in [0.15, 0.2) is 0 Å². The van der Waals surface area contributed by atoms with Crippen LogP contribution >= 0.6 is 11.6 Å². The Morgan fingerprint density at radius 2 is 1.83 bits per heavy atom. The lowest BCUT2D eigenvalue weighted by atomic mass is 10.1. The molecule has 0 heterocycles. The third kappa shape index (κ3) is 3.49. The van der Waals surface area contributed by atoms with Crippen molar-refractivity contribution in [2.75, 3.05) is 6.54 Å². The van der Waals surface area contributed by atoms with Gasteiger partial charge in [0.2, 0.25) is 0 Å². The number of hydrogen-bond donors (Lipinski definition) is 1. The van der Waals surface area contributed by atoms with Gasteiger partial charge in [-0.15, -0.1) is 0 Å². The Morgan fingerprint density at radius 3 is 2.50 bits per heavy atom. The van der Waals surface area contributed by atoms with Crippen LogP contribution in [0, 0.1) is 0 Å². The van der Waals surface area contributed by atoms with Crippen molar-refractivity contribution in [1.82, 2.24) is 0 Å². The number of para-hydroxylation sites is 1. The average molecular weight is 262 g/mol. The molecule has 0 spiro atoms. The van der Waals surface area contributed by atoms with E-state index in [1.165, 1.54) is 0 Å². The summed E-state index contributed by atoms with van der Waals surface area (Å²) in [7, 11) is 0. The summed E-state index contributed by atoms with van der Waals surface area (Å²) in [5.74, 6) is 0.843. The van der Waals surface area contributed by atoms with E-state index < -0.39 is 0 Å². The Hall–Kier alpha value is -1.51. The molecule has 0 saturated heterocycles. The first-order chi connectivity index (χ1) is 8.79. The van der Waals surface area contributed by atoms with Gasteiger partial charge in [0.25, 0.3) is 0 Å². The predicted molar refractivity (Wildman–Crippen MR) is 74.9 cm³/mol. The van der Waals surface area contributed by atoms with Gasteiger partial charge in [-0.2, -0.15) is 0 Å². The Balaban J connectivity index is 2.18. The van der Waals surface area contributed by atoms with E-state index in [4.69, 9.17) is 22.1 Å². The van der Waals surface area contributed by atoms with E-state index in [1.54, 1.807) is 0 Å². The minimum absolute atomic E-state index is 0.0592. The van der Waals surface area contributed by atoms with Crippen molar-refractivity contribution in [2.45, 2.75) is 12.5 Å². The summed E-state index contributed by atoms with van der Waals surface area (Å²) < 4.78 is 5.96. The molecule has 0 aliphatic rings. The second-order valence-corrected chi connectivity index (χ2v) is 4.49. The second-order valence-electron chi connectivity index (χ2n) is 4.05. The largest absolute Gasteiger partial charge is 0.486 e. The molecule has 2 aromatic carbocycles. The number of nitrogens with two attached hydrogens (primary N) is 1. The summed E-state index contributed by atoms with van der Waals surface area (Å²) in [5.41, 5.74) is 6.70. The molecule has 0 fully saturated rings. The molecule has 0 aromatic heterocycles. The molecule has 3 heteroatoms. The normalized spacial score (nSPS) is 12.1. The van der Waals surface area contributed by atoms with Crippen molar-refractivity contribution in [3.63, 3.8) is 0 Å². The summed E-state index contributed by atoms with van der Waals surface area (Å²) in [6.45, 7) is 0.573. The third-order valence-corrected chi connectivity index (χ3v) is 2.91. The van der Waals surface area contributed by atoms with E-state index in [0.717, 1.165) is 17.7 Å². The van der Waals surface area contributed by atoms with E-state index in [2.05, 4.69) is 0 Å². The van der Waals surface area contributed by atoms with E-state index in [9.17, 15) is 0 Å². The van der Waals surface area contributed by atoms with Gasteiger partial charge in [-0.05, 0) is 36.4 Å². The summed E-state index contributed by atoms with van der Waals surface area (Å²) in [4.78, 5) is 0. The highest BCUT2D eigenvalue weighted by atomic mass is 35.5. The zero-order chi connectivity index (χ0) is 12.8. The minimum atomic E-state index is -0.0592. The Bertz CT molecular complexity index is 487. The zero-order valence-corrected chi connectivity index (χ0v) is 10.8. The van der Waals surface area contributed by atoms with Gasteiger partial charge in [-0.1, -0.05) is 41.9 Å². The predicted octanol–water partition coefficient (Wildman–Crippen LogP) is 3.81. The molecule has 0 aliphatic heterocycles. The highest BCUT2D eigenvalue weighted by Gasteiger charge is 2.12. The maximum atomic E-state index is 6.01. The number of rotatable bonds is 5. The Morgan fingerprint density at radius 1 is 1.06 bits per heavy atom. The standard InChI is InChI=1S/C15H16ClNO/c16-13-6-4-5-12(11-13)15(9-10-17)18-14-7-2-1-3-8-14/h1-8,11,15H,9-10,17H2. The molecule has 0 radical (unpaired) electrons. The number of benzene rings is 2. The van der Waals surface area contributed by atoms with E-state index in [0.29, 0.717) is 11.6 Å².